The highest BCUT2D eigenvalue weighted by Gasteiger charge is 2.31. The van der Waals surface area contributed by atoms with E-state index in [0.717, 1.165) is 12.0 Å². The summed E-state index contributed by atoms with van der Waals surface area (Å²) in [5.74, 6) is 0.632. The number of rotatable bonds is 1. The molecule has 0 aromatic carbocycles. The van der Waals surface area contributed by atoms with Gasteiger partial charge in [-0.15, -0.1) is 0 Å². The summed E-state index contributed by atoms with van der Waals surface area (Å²) in [5.41, 5.74) is 1.04. The molecule has 1 aromatic rings. The van der Waals surface area contributed by atoms with Crippen LogP contribution in [0.4, 0.5) is 15.4 Å². The van der Waals surface area contributed by atoms with Crippen LogP contribution in [0.2, 0.25) is 0 Å². The Balaban J connectivity index is 1.68. The number of carbonyl (C=O) groups excluding carboxylic acids is 1. The van der Waals surface area contributed by atoms with E-state index >= 15 is 0 Å². The van der Waals surface area contributed by atoms with E-state index in [0.29, 0.717) is 38.3 Å². The van der Waals surface area contributed by atoms with Crippen molar-refractivity contribution in [1.82, 2.24) is 14.8 Å². The van der Waals surface area contributed by atoms with Crippen LogP contribution in [0.5, 0.6) is 0 Å². The monoisotopic (exact) mass is 290 g/mol. The fourth-order valence-corrected chi connectivity index (χ4v) is 2.99. The summed E-state index contributed by atoms with van der Waals surface area (Å²) in [5, 5.41) is 11.8. The van der Waals surface area contributed by atoms with Crippen molar-refractivity contribution in [3.8, 4) is 0 Å². The van der Waals surface area contributed by atoms with E-state index in [1.54, 1.807) is 6.20 Å². The summed E-state index contributed by atoms with van der Waals surface area (Å²) >= 11 is 0. The van der Waals surface area contributed by atoms with Crippen LogP contribution in [0.25, 0.3) is 0 Å². The van der Waals surface area contributed by atoms with Crippen molar-refractivity contribution in [3.05, 3.63) is 23.9 Å². The molecule has 0 saturated carbocycles. The fraction of sp³-hybridized carbons (Fsp3) is 0.500. The molecule has 7 heteroatoms. The summed E-state index contributed by atoms with van der Waals surface area (Å²) in [6.45, 7) is 1.60. The minimum atomic E-state index is -0.884. The number of carboxylic acid groups (broad SMARTS) is 1. The zero-order valence-electron chi connectivity index (χ0n) is 11.7. The molecule has 0 bridgehead atoms. The van der Waals surface area contributed by atoms with Crippen molar-refractivity contribution in [2.75, 3.05) is 25.0 Å². The maximum atomic E-state index is 12.3. The van der Waals surface area contributed by atoms with Crippen LogP contribution in [-0.2, 0) is 6.42 Å². The Morgan fingerprint density at radius 2 is 2.10 bits per heavy atom. The van der Waals surface area contributed by atoms with Gasteiger partial charge in [-0.05, 0) is 30.9 Å². The van der Waals surface area contributed by atoms with E-state index in [-0.39, 0.29) is 12.1 Å². The quantitative estimate of drug-likeness (QED) is 0.823. The van der Waals surface area contributed by atoms with Gasteiger partial charge >= 0.3 is 12.1 Å². The molecule has 1 aromatic heterocycles. The van der Waals surface area contributed by atoms with Gasteiger partial charge in [-0.2, -0.15) is 0 Å². The molecule has 1 fully saturated rings. The minimum absolute atomic E-state index is 0.0925. The standard InChI is InChI=1S/C14H18N4O3/c19-13-16-12-10(2-1-6-15-12)3-9-18(13)11-4-7-17(8-5-11)14(20)21/h1-2,6,11H,3-5,7-9H2,(H,20,21)(H,15,16,19). The Morgan fingerprint density at radius 3 is 2.81 bits per heavy atom. The van der Waals surface area contributed by atoms with E-state index < -0.39 is 6.09 Å². The predicted octanol–water partition coefficient (Wildman–Crippen LogP) is 1.61. The van der Waals surface area contributed by atoms with Gasteiger partial charge in [0, 0.05) is 31.9 Å². The predicted molar refractivity (Wildman–Crippen MR) is 76.3 cm³/mol. The van der Waals surface area contributed by atoms with Crippen molar-refractivity contribution in [2.24, 2.45) is 0 Å². The van der Waals surface area contributed by atoms with Crippen molar-refractivity contribution >= 4 is 17.9 Å². The Hall–Kier alpha value is -2.31. The molecular formula is C14H18N4O3. The van der Waals surface area contributed by atoms with Gasteiger partial charge in [-0.1, -0.05) is 6.07 Å². The maximum absolute atomic E-state index is 12.3. The van der Waals surface area contributed by atoms with Gasteiger partial charge in [0.05, 0.1) is 0 Å². The zero-order chi connectivity index (χ0) is 14.8. The lowest BCUT2D eigenvalue weighted by atomic mass is 10.0. The smallest absolute Gasteiger partial charge is 0.407 e. The lowest BCUT2D eigenvalue weighted by Crippen LogP contribution is -2.49. The number of hydrogen-bond acceptors (Lipinski definition) is 3. The highest BCUT2D eigenvalue weighted by molar-refractivity contribution is 5.90. The number of likely N-dealkylation sites (tertiary alicyclic amines) is 1. The van der Waals surface area contributed by atoms with Crippen LogP contribution in [-0.4, -0.2) is 57.7 Å². The van der Waals surface area contributed by atoms with E-state index in [1.807, 2.05) is 17.0 Å². The number of carbonyl (C=O) groups is 2. The van der Waals surface area contributed by atoms with Crippen molar-refractivity contribution in [2.45, 2.75) is 25.3 Å². The second kappa shape index (κ2) is 5.59. The summed E-state index contributed by atoms with van der Waals surface area (Å²) in [6, 6.07) is 3.79. The second-order valence-corrected chi connectivity index (χ2v) is 5.39. The van der Waals surface area contributed by atoms with Crippen molar-refractivity contribution in [1.29, 1.82) is 0 Å². The number of amides is 3. The first-order valence-electron chi connectivity index (χ1n) is 7.14. The van der Waals surface area contributed by atoms with E-state index in [2.05, 4.69) is 10.3 Å². The topological polar surface area (TPSA) is 85.8 Å². The number of anilines is 1. The van der Waals surface area contributed by atoms with Crippen LogP contribution in [0.3, 0.4) is 0 Å². The number of fused-ring (bicyclic) bond motifs is 1. The largest absolute Gasteiger partial charge is 0.465 e. The second-order valence-electron chi connectivity index (χ2n) is 5.39. The lowest BCUT2D eigenvalue weighted by Gasteiger charge is -2.36. The van der Waals surface area contributed by atoms with Gasteiger partial charge in [-0.3, -0.25) is 5.32 Å². The Bertz CT molecular complexity index is 555. The number of urea groups is 1. The molecule has 2 N–H and O–H groups in total. The Kier molecular flexibility index (Phi) is 3.64. The highest BCUT2D eigenvalue weighted by Crippen LogP contribution is 2.23. The average molecular weight is 290 g/mol. The molecule has 21 heavy (non-hydrogen) atoms. The van der Waals surface area contributed by atoms with Gasteiger partial charge in [0.1, 0.15) is 5.82 Å². The summed E-state index contributed by atoms with van der Waals surface area (Å²) < 4.78 is 0. The summed E-state index contributed by atoms with van der Waals surface area (Å²) in [6.07, 6.45) is 2.92. The third kappa shape index (κ3) is 2.76. The molecule has 7 nitrogen and oxygen atoms in total. The van der Waals surface area contributed by atoms with Crippen LogP contribution < -0.4 is 5.32 Å². The molecule has 3 amide bonds. The summed E-state index contributed by atoms with van der Waals surface area (Å²) in [4.78, 5) is 30.7. The summed E-state index contributed by atoms with van der Waals surface area (Å²) in [7, 11) is 0. The first kappa shape index (κ1) is 13.7. The molecule has 0 radical (unpaired) electrons. The van der Waals surface area contributed by atoms with E-state index in [4.69, 9.17) is 5.11 Å². The number of nitrogens with zero attached hydrogens (tertiary/aromatic N) is 3. The van der Waals surface area contributed by atoms with Crippen LogP contribution in [0, 0.1) is 0 Å². The number of nitrogens with one attached hydrogen (secondary N) is 1. The van der Waals surface area contributed by atoms with Gasteiger partial charge in [0.25, 0.3) is 0 Å². The third-order valence-electron chi connectivity index (χ3n) is 4.18. The SMILES string of the molecule is O=C(O)N1CCC(N2CCc3cccnc3NC2=O)CC1. The molecular weight excluding hydrogens is 272 g/mol. The van der Waals surface area contributed by atoms with Gasteiger partial charge in [-0.25, -0.2) is 14.6 Å². The molecule has 2 aliphatic heterocycles. The van der Waals surface area contributed by atoms with E-state index in [1.165, 1.54) is 4.90 Å². The average Bonchev–Trinajstić information content (AvgIpc) is 2.65. The van der Waals surface area contributed by atoms with Crippen LogP contribution in [0.15, 0.2) is 18.3 Å². The first-order chi connectivity index (χ1) is 10.1. The number of piperidine rings is 1. The first-order valence-corrected chi connectivity index (χ1v) is 7.14. The maximum Gasteiger partial charge on any atom is 0.407 e. The van der Waals surface area contributed by atoms with Crippen molar-refractivity contribution in [3.63, 3.8) is 0 Å². The minimum Gasteiger partial charge on any atom is -0.465 e. The molecule has 3 rings (SSSR count). The zero-order valence-corrected chi connectivity index (χ0v) is 11.7. The molecule has 0 atom stereocenters. The normalized spacial score (nSPS) is 19.7. The highest BCUT2D eigenvalue weighted by atomic mass is 16.4. The fourth-order valence-electron chi connectivity index (χ4n) is 2.99. The van der Waals surface area contributed by atoms with Gasteiger partial charge in [0.15, 0.2) is 0 Å². The van der Waals surface area contributed by atoms with Gasteiger partial charge < -0.3 is 14.9 Å². The Labute approximate surface area is 122 Å². The Morgan fingerprint density at radius 1 is 1.33 bits per heavy atom. The van der Waals surface area contributed by atoms with Crippen LogP contribution >= 0.6 is 0 Å². The number of hydrogen-bond donors (Lipinski definition) is 2. The number of pyridine rings is 1. The number of aromatic nitrogens is 1. The van der Waals surface area contributed by atoms with E-state index in [9.17, 15) is 9.59 Å². The molecule has 2 aliphatic rings. The van der Waals surface area contributed by atoms with Gasteiger partial charge in [0.2, 0.25) is 0 Å². The third-order valence-corrected chi connectivity index (χ3v) is 4.18. The van der Waals surface area contributed by atoms with Crippen molar-refractivity contribution < 1.29 is 14.7 Å². The molecule has 3 heterocycles. The molecule has 1 saturated heterocycles. The molecule has 0 unspecified atom stereocenters. The molecule has 0 spiro atoms. The molecule has 112 valence electrons. The molecule has 0 aliphatic carbocycles. The van der Waals surface area contributed by atoms with Crippen LogP contribution in [0.1, 0.15) is 18.4 Å². The lowest BCUT2D eigenvalue weighted by molar-refractivity contribution is 0.108.